The van der Waals surface area contributed by atoms with Gasteiger partial charge in [-0.15, -0.1) is 0 Å². The van der Waals surface area contributed by atoms with Crippen molar-refractivity contribution in [3.8, 4) is 5.75 Å². The van der Waals surface area contributed by atoms with Gasteiger partial charge in [0.2, 0.25) is 0 Å². The van der Waals surface area contributed by atoms with Gasteiger partial charge >= 0.3 is 0 Å². The van der Waals surface area contributed by atoms with Gasteiger partial charge in [0.05, 0.1) is 16.5 Å². The predicted molar refractivity (Wildman–Crippen MR) is 86.6 cm³/mol. The lowest BCUT2D eigenvalue weighted by atomic mass is 10.0. The van der Waals surface area contributed by atoms with E-state index in [1.807, 2.05) is 32.9 Å². The van der Waals surface area contributed by atoms with E-state index >= 15 is 0 Å². The van der Waals surface area contributed by atoms with Crippen molar-refractivity contribution >= 4 is 39.1 Å². The van der Waals surface area contributed by atoms with Crippen LogP contribution in [0.15, 0.2) is 22.6 Å². The average molecular weight is 378 g/mol. The van der Waals surface area contributed by atoms with Crippen molar-refractivity contribution in [3.63, 3.8) is 0 Å². The van der Waals surface area contributed by atoms with Crippen molar-refractivity contribution in [2.75, 3.05) is 6.61 Å². The molecule has 108 valence electrons. The summed E-state index contributed by atoms with van der Waals surface area (Å²) in [4.78, 5) is -0.0689. The Balaban J connectivity index is 2.42. The van der Waals surface area contributed by atoms with Crippen molar-refractivity contribution in [2.45, 2.75) is 25.6 Å². The highest BCUT2D eigenvalue weighted by Gasteiger charge is 2.20. The molecule has 0 saturated heterocycles. The summed E-state index contributed by atoms with van der Waals surface area (Å²) < 4.78 is 11.0. The first kappa shape index (κ1) is 15.7. The van der Waals surface area contributed by atoms with E-state index in [-0.39, 0.29) is 4.83 Å². The summed E-state index contributed by atoms with van der Waals surface area (Å²) in [5.74, 6) is 2.34. The maximum atomic E-state index is 6.34. The Hall–Kier alpha value is -0.640. The largest absolute Gasteiger partial charge is 0.492 e. The number of rotatable bonds is 4. The molecule has 20 heavy (non-hydrogen) atoms. The van der Waals surface area contributed by atoms with Crippen LogP contribution in [0.2, 0.25) is 10.0 Å². The molecule has 0 amide bonds. The Morgan fingerprint density at radius 1 is 1.15 bits per heavy atom. The Kier molecular flexibility index (Phi) is 5.05. The molecule has 5 heteroatoms. The predicted octanol–water partition coefficient (Wildman–Crippen LogP) is 6.09. The van der Waals surface area contributed by atoms with Crippen molar-refractivity contribution in [2.24, 2.45) is 0 Å². The summed E-state index contributed by atoms with van der Waals surface area (Å²) in [6.45, 7) is 6.31. The number of hydrogen-bond donors (Lipinski definition) is 0. The Morgan fingerprint density at radius 3 is 2.40 bits per heavy atom. The van der Waals surface area contributed by atoms with E-state index in [2.05, 4.69) is 15.9 Å². The zero-order chi connectivity index (χ0) is 14.9. The molecule has 2 rings (SSSR count). The van der Waals surface area contributed by atoms with Gasteiger partial charge in [-0.2, -0.15) is 0 Å². The summed E-state index contributed by atoms with van der Waals surface area (Å²) in [6.07, 6.45) is 0. The van der Waals surface area contributed by atoms with E-state index in [9.17, 15) is 0 Å². The number of halogens is 3. The van der Waals surface area contributed by atoms with Crippen molar-refractivity contribution in [1.29, 1.82) is 0 Å². The van der Waals surface area contributed by atoms with Gasteiger partial charge in [-0.25, -0.2) is 0 Å². The summed E-state index contributed by atoms with van der Waals surface area (Å²) in [6, 6.07) is 5.57. The van der Waals surface area contributed by atoms with Crippen molar-refractivity contribution < 1.29 is 9.15 Å². The van der Waals surface area contributed by atoms with E-state index in [4.69, 9.17) is 32.4 Å². The minimum absolute atomic E-state index is 0.0689. The Labute approximate surface area is 137 Å². The van der Waals surface area contributed by atoms with Gasteiger partial charge in [0.1, 0.15) is 17.3 Å². The van der Waals surface area contributed by atoms with E-state index < -0.39 is 0 Å². The molecule has 0 saturated carbocycles. The number of hydrogen-bond acceptors (Lipinski definition) is 2. The summed E-state index contributed by atoms with van der Waals surface area (Å²) >= 11 is 16.2. The first-order valence-corrected chi connectivity index (χ1v) is 7.94. The fraction of sp³-hybridized carbons (Fsp3) is 0.333. The Morgan fingerprint density at radius 2 is 1.85 bits per heavy atom. The van der Waals surface area contributed by atoms with Crippen LogP contribution in [-0.2, 0) is 0 Å². The van der Waals surface area contributed by atoms with Crippen LogP contribution >= 0.6 is 39.1 Å². The highest BCUT2D eigenvalue weighted by molar-refractivity contribution is 9.09. The molecule has 0 bridgehead atoms. The second-order valence-corrected chi connectivity index (χ2v) is 6.20. The average Bonchev–Trinajstić information content (AvgIpc) is 2.72. The summed E-state index contributed by atoms with van der Waals surface area (Å²) in [5, 5.41) is 1.16. The van der Waals surface area contributed by atoms with Gasteiger partial charge in [0.25, 0.3) is 0 Å². The monoisotopic (exact) mass is 376 g/mol. The lowest BCUT2D eigenvalue weighted by molar-refractivity contribution is 0.340. The number of alkyl halides is 1. The third-order valence-electron chi connectivity index (χ3n) is 2.98. The van der Waals surface area contributed by atoms with E-state index in [0.717, 1.165) is 22.6 Å². The van der Waals surface area contributed by atoms with Gasteiger partial charge in [-0.1, -0.05) is 39.1 Å². The standard InChI is InChI=1S/C15H15BrCl2O2/c1-4-19-14-7-12(17)11(6-13(14)18)15(16)10-5-8(2)20-9(10)3/h5-7,15H,4H2,1-3H3. The molecule has 0 radical (unpaired) electrons. The SMILES string of the molecule is CCOc1cc(Cl)c(C(Br)c2cc(C)oc2C)cc1Cl. The van der Waals surface area contributed by atoms with Crippen LogP contribution < -0.4 is 4.74 Å². The molecule has 0 fully saturated rings. The van der Waals surface area contributed by atoms with Crippen LogP contribution in [0.1, 0.15) is 34.4 Å². The van der Waals surface area contributed by atoms with Gasteiger partial charge in [-0.05, 0) is 38.5 Å². The molecular weight excluding hydrogens is 363 g/mol. The van der Waals surface area contributed by atoms with E-state index in [0.29, 0.717) is 22.4 Å². The third-order valence-corrected chi connectivity index (χ3v) is 4.59. The van der Waals surface area contributed by atoms with Crippen LogP contribution in [0, 0.1) is 13.8 Å². The molecule has 1 unspecified atom stereocenters. The van der Waals surface area contributed by atoms with Crippen LogP contribution in [0.4, 0.5) is 0 Å². The van der Waals surface area contributed by atoms with Gasteiger partial charge in [0.15, 0.2) is 0 Å². The van der Waals surface area contributed by atoms with Crippen LogP contribution in [-0.4, -0.2) is 6.61 Å². The smallest absolute Gasteiger partial charge is 0.139 e. The van der Waals surface area contributed by atoms with Crippen molar-refractivity contribution in [1.82, 2.24) is 0 Å². The first-order chi connectivity index (χ1) is 9.43. The minimum atomic E-state index is -0.0689. The molecular formula is C15H15BrCl2O2. The van der Waals surface area contributed by atoms with Gasteiger partial charge < -0.3 is 9.15 Å². The summed E-state index contributed by atoms with van der Waals surface area (Å²) in [5.41, 5.74) is 1.94. The lowest BCUT2D eigenvalue weighted by Crippen LogP contribution is -1.97. The molecule has 1 aromatic carbocycles. The van der Waals surface area contributed by atoms with Crippen LogP contribution in [0.5, 0.6) is 5.75 Å². The molecule has 2 nitrogen and oxygen atoms in total. The molecule has 1 heterocycles. The zero-order valence-electron chi connectivity index (χ0n) is 11.5. The number of furan rings is 1. The molecule has 0 spiro atoms. The fourth-order valence-electron chi connectivity index (χ4n) is 2.07. The molecule has 1 atom stereocenters. The minimum Gasteiger partial charge on any atom is -0.492 e. The highest BCUT2D eigenvalue weighted by Crippen LogP contribution is 2.41. The Bertz CT molecular complexity index is 623. The molecule has 0 N–H and O–H groups in total. The summed E-state index contributed by atoms with van der Waals surface area (Å²) in [7, 11) is 0. The fourth-order valence-corrected chi connectivity index (χ4v) is 3.53. The van der Waals surface area contributed by atoms with Gasteiger partial charge in [0, 0.05) is 16.7 Å². The van der Waals surface area contributed by atoms with Crippen LogP contribution in [0.25, 0.3) is 0 Å². The number of ether oxygens (including phenoxy) is 1. The zero-order valence-corrected chi connectivity index (χ0v) is 14.6. The highest BCUT2D eigenvalue weighted by atomic mass is 79.9. The van der Waals surface area contributed by atoms with E-state index in [1.165, 1.54) is 0 Å². The van der Waals surface area contributed by atoms with Crippen molar-refractivity contribution in [3.05, 3.63) is 50.9 Å². The molecule has 2 aromatic rings. The molecule has 0 aliphatic carbocycles. The third kappa shape index (κ3) is 3.16. The maximum absolute atomic E-state index is 6.34. The quantitative estimate of drug-likeness (QED) is 0.601. The van der Waals surface area contributed by atoms with Crippen LogP contribution in [0.3, 0.4) is 0 Å². The maximum Gasteiger partial charge on any atom is 0.139 e. The number of aryl methyl sites for hydroxylation is 2. The van der Waals surface area contributed by atoms with E-state index in [1.54, 1.807) is 6.07 Å². The molecule has 1 aromatic heterocycles. The lowest BCUT2D eigenvalue weighted by Gasteiger charge is -2.14. The second-order valence-electron chi connectivity index (χ2n) is 4.47. The second kappa shape index (κ2) is 6.42. The first-order valence-electron chi connectivity index (χ1n) is 6.26. The number of benzene rings is 1. The normalized spacial score (nSPS) is 12.5. The molecule has 0 aliphatic heterocycles. The topological polar surface area (TPSA) is 22.4 Å². The van der Waals surface area contributed by atoms with Gasteiger partial charge in [-0.3, -0.25) is 0 Å². The molecule has 0 aliphatic rings.